The van der Waals surface area contributed by atoms with E-state index in [1.165, 1.54) is 13.3 Å². The molecule has 0 aliphatic carbocycles. The molecule has 0 aliphatic rings. The number of carbonyl (C=O) groups excluding carboxylic acids is 1. The van der Waals surface area contributed by atoms with Gasteiger partial charge in [0.1, 0.15) is 5.15 Å². The smallest absolute Gasteiger partial charge is 0.340 e. The van der Waals surface area contributed by atoms with Gasteiger partial charge in [-0.3, -0.25) is 4.98 Å². The molecule has 0 amide bonds. The molecule has 2 heterocycles. The molecule has 0 radical (unpaired) electrons. The first-order chi connectivity index (χ1) is 9.61. The number of ether oxygens (including phenoxy) is 1. The number of esters is 1. The first kappa shape index (κ1) is 13.1. The molecule has 1 aromatic carbocycles. The minimum Gasteiger partial charge on any atom is -0.465 e. The number of benzene rings is 1. The average Bonchev–Trinajstić information content (AvgIpc) is 2.47. The third kappa shape index (κ3) is 1.97. The number of nitrogens with zero attached hydrogens (tertiary/aromatic N) is 2. The van der Waals surface area contributed by atoms with E-state index in [0.717, 1.165) is 5.39 Å². The normalized spacial score (nSPS) is 10.9. The molecule has 6 heteroatoms. The van der Waals surface area contributed by atoms with Gasteiger partial charge in [-0.2, -0.15) is 0 Å². The van der Waals surface area contributed by atoms with E-state index in [1.807, 2.05) is 0 Å². The van der Waals surface area contributed by atoms with Gasteiger partial charge in [0, 0.05) is 33.6 Å². The molecule has 100 valence electrons. The summed E-state index contributed by atoms with van der Waals surface area (Å²) in [5.74, 6) is -0.480. The van der Waals surface area contributed by atoms with Crippen LogP contribution in [0.2, 0.25) is 10.2 Å². The number of methoxy groups -OCH3 is 1. The molecule has 0 unspecified atom stereocenters. The molecule has 0 aliphatic heterocycles. The van der Waals surface area contributed by atoms with Crippen LogP contribution < -0.4 is 0 Å². The lowest BCUT2D eigenvalue weighted by Gasteiger charge is -2.09. The second-order valence-electron chi connectivity index (χ2n) is 4.17. The van der Waals surface area contributed by atoms with Crippen molar-refractivity contribution in [2.75, 3.05) is 7.11 Å². The van der Waals surface area contributed by atoms with Gasteiger partial charge in [-0.15, -0.1) is 0 Å². The van der Waals surface area contributed by atoms with E-state index < -0.39 is 5.97 Å². The molecular weight excluding hydrogens is 299 g/mol. The molecule has 20 heavy (non-hydrogen) atoms. The summed E-state index contributed by atoms with van der Waals surface area (Å²) in [4.78, 5) is 20.2. The molecule has 0 N–H and O–H groups in total. The fourth-order valence-electron chi connectivity index (χ4n) is 2.14. The molecule has 0 saturated carbocycles. The maximum atomic E-state index is 11.9. The summed E-state index contributed by atoms with van der Waals surface area (Å²) in [5, 5.41) is 2.80. The fraction of sp³-hybridized carbons (Fsp3) is 0.0714. The van der Waals surface area contributed by atoms with Gasteiger partial charge < -0.3 is 4.74 Å². The lowest BCUT2D eigenvalue weighted by Crippen LogP contribution is -2.03. The van der Waals surface area contributed by atoms with Crippen molar-refractivity contribution < 1.29 is 9.53 Å². The number of hydrogen-bond donors (Lipinski definition) is 0. The Labute approximate surface area is 124 Å². The predicted octanol–water partition coefficient (Wildman–Crippen LogP) is 3.88. The molecule has 0 saturated heterocycles. The molecule has 4 nitrogen and oxygen atoms in total. The third-order valence-corrected chi connectivity index (χ3v) is 3.54. The van der Waals surface area contributed by atoms with Crippen molar-refractivity contribution in [3.8, 4) is 0 Å². The Balaban J connectivity index is 2.56. The molecule has 0 fully saturated rings. The molecule has 0 spiro atoms. The van der Waals surface area contributed by atoms with Crippen LogP contribution in [-0.2, 0) is 4.74 Å². The predicted molar refractivity (Wildman–Crippen MR) is 78.4 cm³/mol. The van der Waals surface area contributed by atoms with Crippen LogP contribution in [0.3, 0.4) is 0 Å². The van der Waals surface area contributed by atoms with E-state index in [0.29, 0.717) is 26.9 Å². The second-order valence-corrected chi connectivity index (χ2v) is 4.96. The minimum absolute atomic E-state index is 0.285. The molecule has 3 rings (SSSR count). The van der Waals surface area contributed by atoms with Crippen LogP contribution in [0.25, 0.3) is 21.7 Å². The molecule has 0 atom stereocenters. The van der Waals surface area contributed by atoms with Crippen molar-refractivity contribution in [1.82, 2.24) is 9.97 Å². The maximum Gasteiger partial charge on any atom is 0.340 e. The third-order valence-electron chi connectivity index (χ3n) is 3.02. The second kappa shape index (κ2) is 4.89. The highest BCUT2D eigenvalue weighted by Crippen LogP contribution is 2.32. The van der Waals surface area contributed by atoms with E-state index in [9.17, 15) is 4.79 Å². The fourth-order valence-corrected chi connectivity index (χ4v) is 2.55. The van der Waals surface area contributed by atoms with Crippen LogP contribution in [0.5, 0.6) is 0 Å². The van der Waals surface area contributed by atoms with Gasteiger partial charge >= 0.3 is 5.97 Å². The zero-order chi connectivity index (χ0) is 14.3. The van der Waals surface area contributed by atoms with E-state index in [-0.39, 0.29) is 5.15 Å². The van der Waals surface area contributed by atoms with Crippen molar-refractivity contribution >= 4 is 50.8 Å². The van der Waals surface area contributed by atoms with Gasteiger partial charge in [0.05, 0.1) is 18.2 Å². The SMILES string of the molecule is COC(=O)c1cncc2c(Cl)nc3ccc(Cl)cc3c12. The zero-order valence-corrected chi connectivity index (χ0v) is 11.9. The van der Waals surface area contributed by atoms with E-state index in [2.05, 4.69) is 9.97 Å². The largest absolute Gasteiger partial charge is 0.465 e. The van der Waals surface area contributed by atoms with Gasteiger partial charge in [-0.1, -0.05) is 23.2 Å². The number of rotatable bonds is 1. The number of halogens is 2. The molecule has 0 bridgehead atoms. The topological polar surface area (TPSA) is 52.1 Å². The summed E-state index contributed by atoms with van der Waals surface area (Å²) >= 11 is 12.2. The highest BCUT2D eigenvalue weighted by molar-refractivity contribution is 6.37. The summed E-state index contributed by atoms with van der Waals surface area (Å²) in [5.41, 5.74) is 0.991. The lowest BCUT2D eigenvalue weighted by molar-refractivity contribution is 0.0602. The summed E-state index contributed by atoms with van der Waals surface area (Å²) in [6, 6.07) is 5.22. The van der Waals surface area contributed by atoms with Crippen molar-refractivity contribution in [1.29, 1.82) is 0 Å². The van der Waals surface area contributed by atoms with Crippen molar-refractivity contribution in [2.24, 2.45) is 0 Å². The first-order valence-electron chi connectivity index (χ1n) is 5.72. The Hall–Kier alpha value is -1.91. The molecular formula is C14H8Cl2N2O2. The highest BCUT2D eigenvalue weighted by Gasteiger charge is 2.16. The van der Waals surface area contributed by atoms with Crippen LogP contribution in [0, 0.1) is 0 Å². The van der Waals surface area contributed by atoms with Gasteiger partial charge in [-0.05, 0) is 18.2 Å². The first-order valence-corrected chi connectivity index (χ1v) is 6.48. The summed E-state index contributed by atoms with van der Waals surface area (Å²) in [6.07, 6.45) is 3.02. The number of aromatic nitrogens is 2. The van der Waals surface area contributed by atoms with Crippen LogP contribution >= 0.6 is 23.2 Å². The van der Waals surface area contributed by atoms with Gasteiger partial charge in [-0.25, -0.2) is 9.78 Å². The van der Waals surface area contributed by atoms with Crippen molar-refractivity contribution in [3.05, 3.63) is 46.3 Å². The average molecular weight is 307 g/mol. The Morgan fingerprint density at radius 3 is 2.75 bits per heavy atom. The van der Waals surface area contributed by atoms with Gasteiger partial charge in [0.15, 0.2) is 0 Å². The molecule has 3 aromatic rings. The molecule has 2 aromatic heterocycles. The van der Waals surface area contributed by atoms with Gasteiger partial charge in [0.2, 0.25) is 0 Å². The summed E-state index contributed by atoms with van der Waals surface area (Å²) in [7, 11) is 1.32. The lowest BCUT2D eigenvalue weighted by atomic mass is 10.0. The Kier molecular flexibility index (Phi) is 3.20. The van der Waals surface area contributed by atoms with Crippen molar-refractivity contribution in [2.45, 2.75) is 0 Å². The Bertz CT molecular complexity index is 849. The maximum absolute atomic E-state index is 11.9. The Morgan fingerprint density at radius 1 is 1.20 bits per heavy atom. The summed E-state index contributed by atoms with van der Waals surface area (Å²) < 4.78 is 4.79. The van der Waals surface area contributed by atoms with E-state index in [4.69, 9.17) is 27.9 Å². The van der Waals surface area contributed by atoms with E-state index >= 15 is 0 Å². The summed E-state index contributed by atoms with van der Waals surface area (Å²) in [6.45, 7) is 0. The number of carbonyl (C=O) groups is 1. The number of hydrogen-bond acceptors (Lipinski definition) is 4. The van der Waals surface area contributed by atoms with Crippen LogP contribution in [-0.4, -0.2) is 23.0 Å². The van der Waals surface area contributed by atoms with Gasteiger partial charge in [0.25, 0.3) is 0 Å². The minimum atomic E-state index is -0.480. The van der Waals surface area contributed by atoms with Crippen LogP contribution in [0.1, 0.15) is 10.4 Å². The number of pyridine rings is 2. The zero-order valence-electron chi connectivity index (χ0n) is 10.4. The quantitative estimate of drug-likeness (QED) is 0.389. The van der Waals surface area contributed by atoms with Crippen LogP contribution in [0.15, 0.2) is 30.6 Å². The van der Waals surface area contributed by atoms with E-state index in [1.54, 1.807) is 24.4 Å². The Morgan fingerprint density at radius 2 is 2.00 bits per heavy atom. The van der Waals surface area contributed by atoms with Crippen molar-refractivity contribution in [3.63, 3.8) is 0 Å². The highest BCUT2D eigenvalue weighted by atomic mass is 35.5. The standard InChI is InChI=1S/C14H8Cl2N2O2/c1-20-14(19)10-6-17-5-9-12(10)8-4-7(15)2-3-11(8)18-13(9)16/h2-6H,1H3. The number of fused-ring (bicyclic) bond motifs is 3. The monoisotopic (exact) mass is 306 g/mol. The van der Waals surface area contributed by atoms with Crippen LogP contribution in [0.4, 0.5) is 0 Å².